The van der Waals surface area contributed by atoms with Gasteiger partial charge >= 0.3 is 0 Å². The van der Waals surface area contributed by atoms with Gasteiger partial charge in [-0.15, -0.1) is 0 Å². The van der Waals surface area contributed by atoms with Gasteiger partial charge in [0.2, 0.25) is 5.91 Å². The highest BCUT2D eigenvalue weighted by Crippen LogP contribution is 2.35. The zero-order valence-corrected chi connectivity index (χ0v) is 17.7. The van der Waals surface area contributed by atoms with Crippen LogP contribution in [0.4, 0.5) is 10.2 Å². The van der Waals surface area contributed by atoms with Crippen molar-refractivity contribution in [2.24, 2.45) is 0 Å². The number of nitrogens with one attached hydrogen (secondary N) is 1. The summed E-state index contributed by atoms with van der Waals surface area (Å²) in [7, 11) is 3.61. The quantitative estimate of drug-likeness (QED) is 0.534. The number of nitrogen functional groups attached to an aromatic ring is 1. The molecular formula is C20H21Cl2FN4O2. The van der Waals surface area contributed by atoms with Crippen molar-refractivity contribution in [3.63, 3.8) is 0 Å². The van der Waals surface area contributed by atoms with Gasteiger partial charge in [-0.05, 0) is 33.2 Å². The smallest absolute Gasteiger partial charge is 0.234 e. The molecule has 1 heterocycles. The molecule has 2 aromatic rings. The predicted molar refractivity (Wildman–Crippen MR) is 113 cm³/mol. The number of hydrogen-bond donors (Lipinski definition) is 2. The molecule has 0 saturated heterocycles. The highest BCUT2D eigenvalue weighted by Gasteiger charge is 2.19. The van der Waals surface area contributed by atoms with E-state index in [2.05, 4.69) is 22.1 Å². The first-order valence-corrected chi connectivity index (χ1v) is 9.40. The Hall–Kier alpha value is -2.53. The van der Waals surface area contributed by atoms with Gasteiger partial charge in [0, 0.05) is 28.4 Å². The maximum Gasteiger partial charge on any atom is 0.234 e. The predicted octanol–water partition coefficient (Wildman–Crippen LogP) is 3.28. The molecule has 0 fully saturated rings. The maximum absolute atomic E-state index is 13.8. The van der Waals surface area contributed by atoms with Crippen LogP contribution in [0.25, 0.3) is 0 Å². The third-order valence-electron chi connectivity index (χ3n) is 3.74. The van der Waals surface area contributed by atoms with Gasteiger partial charge in [-0.2, -0.15) is 0 Å². The SMILES string of the molecule is CC(Oc1cc(C#CCNC(=O)CN(C)C)cnc1N)c1c(Cl)ccc(F)c1Cl. The fourth-order valence-electron chi connectivity index (χ4n) is 2.41. The number of hydrogen-bond acceptors (Lipinski definition) is 5. The number of anilines is 1. The Morgan fingerprint density at radius 3 is 2.83 bits per heavy atom. The normalized spacial score (nSPS) is 11.6. The van der Waals surface area contributed by atoms with Crippen LogP contribution < -0.4 is 15.8 Å². The number of nitrogens with zero attached hydrogens (tertiary/aromatic N) is 2. The molecule has 6 nitrogen and oxygen atoms in total. The van der Waals surface area contributed by atoms with Crippen molar-refractivity contribution in [3.05, 3.63) is 51.4 Å². The molecule has 0 aliphatic carbocycles. The molecule has 9 heteroatoms. The second-order valence-corrected chi connectivity index (χ2v) is 7.23. The lowest BCUT2D eigenvalue weighted by atomic mass is 10.1. The van der Waals surface area contributed by atoms with E-state index in [1.54, 1.807) is 32.0 Å². The fourth-order valence-corrected chi connectivity index (χ4v) is 3.09. The number of halogens is 3. The largest absolute Gasteiger partial charge is 0.482 e. The van der Waals surface area contributed by atoms with Crippen LogP contribution in [0, 0.1) is 17.7 Å². The monoisotopic (exact) mass is 438 g/mol. The van der Waals surface area contributed by atoms with Crippen LogP contribution in [-0.2, 0) is 4.79 Å². The molecule has 0 saturated carbocycles. The van der Waals surface area contributed by atoms with E-state index < -0.39 is 11.9 Å². The van der Waals surface area contributed by atoms with Crippen molar-refractivity contribution in [1.82, 2.24) is 15.2 Å². The standard InChI is InChI=1S/C20H21Cl2FN4O2/c1-12(18-14(21)6-7-15(23)19(18)22)29-16-9-13(10-26-20(16)24)5-4-8-25-17(28)11-27(2)3/h6-7,9-10,12H,8,11H2,1-3H3,(H2,24,26)(H,25,28). The minimum Gasteiger partial charge on any atom is -0.482 e. The summed E-state index contributed by atoms with van der Waals surface area (Å²) in [6.07, 6.45) is 0.812. The van der Waals surface area contributed by atoms with Gasteiger partial charge in [0.25, 0.3) is 0 Å². The van der Waals surface area contributed by atoms with Gasteiger partial charge in [0.15, 0.2) is 11.6 Å². The Labute approximate surface area is 179 Å². The zero-order chi connectivity index (χ0) is 21.6. The van der Waals surface area contributed by atoms with Crippen LogP contribution in [0.2, 0.25) is 10.0 Å². The summed E-state index contributed by atoms with van der Waals surface area (Å²) in [6, 6.07) is 4.20. The Morgan fingerprint density at radius 1 is 1.41 bits per heavy atom. The van der Waals surface area contributed by atoms with Crippen molar-refractivity contribution in [2.75, 3.05) is 32.9 Å². The zero-order valence-electron chi connectivity index (χ0n) is 16.2. The molecule has 1 aromatic carbocycles. The van der Waals surface area contributed by atoms with Crippen LogP contribution in [0.1, 0.15) is 24.2 Å². The Morgan fingerprint density at radius 2 is 2.14 bits per heavy atom. The molecule has 1 unspecified atom stereocenters. The molecule has 2 rings (SSSR count). The number of amides is 1. The molecule has 3 N–H and O–H groups in total. The maximum atomic E-state index is 13.8. The third kappa shape index (κ3) is 6.50. The van der Waals surface area contributed by atoms with Gasteiger partial charge < -0.3 is 20.7 Å². The number of nitrogens with two attached hydrogens (primary N) is 1. The van der Waals surface area contributed by atoms with Gasteiger partial charge in [-0.1, -0.05) is 35.0 Å². The number of ether oxygens (including phenoxy) is 1. The lowest BCUT2D eigenvalue weighted by molar-refractivity contribution is -0.121. The van der Waals surface area contributed by atoms with Crippen LogP contribution >= 0.6 is 23.2 Å². The van der Waals surface area contributed by atoms with E-state index in [0.29, 0.717) is 11.1 Å². The highest BCUT2D eigenvalue weighted by molar-refractivity contribution is 6.36. The number of pyridine rings is 1. The first-order chi connectivity index (χ1) is 13.7. The molecule has 0 bridgehead atoms. The van der Waals surface area contributed by atoms with Crippen LogP contribution in [0.15, 0.2) is 24.4 Å². The summed E-state index contributed by atoms with van der Waals surface area (Å²) in [5.74, 6) is 5.40. The van der Waals surface area contributed by atoms with E-state index in [-0.39, 0.29) is 40.6 Å². The summed E-state index contributed by atoms with van der Waals surface area (Å²) < 4.78 is 19.6. The van der Waals surface area contributed by atoms with Crippen LogP contribution in [0.3, 0.4) is 0 Å². The Bertz CT molecular complexity index is 957. The van der Waals surface area contributed by atoms with E-state index in [4.69, 9.17) is 33.7 Å². The first-order valence-electron chi connectivity index (χ1n) is 8.65. The molecule has 1 atom stereocenters. The summed E-state index contributed by atoms with van der Waals surface area (Å²) in [6.45, 7) is 2.15. The molecule has 1 aromatic heterocycles. The van der Waals surface area contributed by atoms with Crippen molar-refractivity contribution in [3.8, 4) is 17.6 Å². The van der Waals surface area contributed by atoms with Gasteiger partial charge in [0.1, 0.15) is 11.9 Å². The van der Waals surface area contributed by atoms with E-state index in [9.17, 15) is 9.18 Å². The summed E-state index contributed by atoms with van der Waals surface area (Å²) in [5, 5.41) is 2.85. The van der Waals surface area contributed by atoms with Crippen LogP contribution in [0.5, 0.6) is 5.75 Å². The second-order valence-electron chi connectivity index (χ2n) is 6.44. The molecule has 0 radical (unpaired) electrons. The number of rotatable bonds is 6. The fraction of sp³-hybridized carbons (Fsp3) is 0.300. The number of benzene rings is 1. The molecule has 154 valence electrons. The third-order valence-corrected chi connectivity index (χ3v) is 4.45. The average Bonchev–Trinajstić information content (AvgIpc) is 2.64. The molecule has 29 heavy (non-hydrogen) atoms. The van der Waals surface area contributed by atoms with E-state index >= 15 is 0 Å². The molecule has 0 spiro atoms. The van der Waals surface area contributed by atoms with Crippen LogP contribution in [-0.4, -0.2) is 43.0 Å². The van der Waals surface area contributed by atoms with Crippen molar-refractivity contribution < 1.29 is 13.9 Å². The first kappa shape index (κ1) is 22.8. The Balaban J connectivity index is 2.11. The van der Waals surface area contributed by atoms with Gasteiger partial charge in [-0.3, -0.25) is 4.79 Å². The second kappa shape index (κ2) is 10.3. The number of aromatic nitrogens is 1. The number of carbonyl (C=O) groups excluding carboxylic acids is 1. The number of carbonyl (C=O) groups is 1. The molecule has 0 aliphatic rings. The van der Waals surface area contributed by atoms with Gasteiger partial charge in [0.05, 0.1) is 18.1 Å². The molecule has 1 amide bonds. The lowest BCUT2D eigenvalue weighted by Gasteiger charge is -2.18. The lowest BCUT2D eigenvalue weighted by Crippen LogP contribution is -2.33. The van der Waals surface area contributed by atoms with Crippen molar-refractivity contribution in [2.45, 2.75) is 13.0 Å². The van der Waals surface area contributed by atoms with Crippen molar-refractivity contribution in [1.29, 1.82) is 0 Å². The van der Waals surface area contributed by atoms with Crippen molar-refractivity contribution >= 4 is 34.9 Å². The van der Waals surface area contributed by atoms with E-state index in [1.165, 1.54) is 18.3 Å². The Kier molecular flexibility index (Phi) is 8.09. The minimum absolute atomic E-state index is 0.110. The van der Waals surface area contributed by atoms with Gasteiger partial charge in [-0.25, -0.2) is 9.37 Å². The number of likely N-dealkylation sites (N-methyl/N-ethyl adjacent to an activating group) is 1. The molecular weight excluding hydrogens is 418 g/mol. The topological polar surface area (TPSA) is 80.5 Å². The molecule has 0 aliphatic heterocycles. The average molecular weight is 439 g/mol. The highest BCUT2D eigenvalue weighted by atomic mass is 35.5. The summed E-state index contributed by atoms with van der Waals surface area (Å²) in [5.41, 5.74) is 6.73. The minimum atomic E-state index is -0.677. The van der Waals surface area contributed by atoms with E-state index in [1.807, 2.05) is 0 Å². The summed E-state index contributed by atoms with van der Waals surface area (Å²) >= 11 is 12.2. The van der Waals surface area contributed by atoms with E-state index in [0.717, 1.165) is 0 Å². The summed E-state index contributed by atoms with van der Waals surface area (Å²) in [4.78, 5) is 17.4.